The number of nitrogens with zero attached hydrogens (tertiary/aromatic N) is 10. The molecular weight excluding hydrogens is 1210 g/mol. The van der Waals surface area contributed by atoms with E-state index in [2.05, 4.69) is 62.6 Å². The van der Waals surface area contributed by atoms with Crippen LogP contribution in [-0.2, 0) is 36.5 Å². The van der Waals surface area contributed by atoms with Gasteiger partial charge >= 0.3 is 0 Å². The van der Waals surface area contributed by atoms with Gasteiger partial charge in [-0.25, -0.2) is 58.6 Å². The smallest absolute Gasteiger partial charge is 0.213 e. The van der Waals surface area contributed by atoms with Gasteiger partial charge in [-0.3, -0.25) is 0 Å². The first-order valence-corrected chi connectivity index (χ1v) is 33.5. The fourth-order valence-corrected chi connectivity index (χ4v) is 14.2. The van der Waals surface area contributed by atoms with E-state index in [1.54, 1.807) is 58.4 Å². The highest BCUT2D eigenvalue weighted by Gasteiger charge is 2.19. The maximum atomic E-state index is 14.1. The second-order valence-electron chi connectivity index (χ2n) is 19.0. The highest BCUT2D eigenvalue weighted by Crippen LogP contribution is 2.38. The van der Waals surface area contributed by atoms with Crippen LogP contribution in [-0.4, -0.2) is 69.7 Å². The number of aromatic nitrogens is 10. The molecule has 12 N–H and O–H groups in total. The second kappa shape index (κ2) is 33.7. The van der Waals surface area contributed by atoms with Crippen molar-refractivity contribution in [3.8, 4) is 49.1 Å². The van der Waals surface area contributed by atoms with Crippen LogP contribution >= 0.6 is 69.3 Å². The number of hydrogen-bond acceptors (Lipinski definition) is 25. The van der Waals surface area contributed by atoms with E-state index in [9.17, 15) is 8.78 Å². The summed E-state index contributed by atoms with van der Waals surface area (Å²) in [6, 6.07) is 18.1. The molecule has 0 spiro atoms. The van der Waals surface area contributed by atoms with Crippen molar-refractivity contribution < 1.29 is 23.0 Å². The lowest BCUT2D eigenvalue weighted by molar-refractivity contribution is 0.301. The standard InChI is InChI=1S/2C20H24FN5OS2.C19H24N6OS2/c1-3-5-16-14(11-28-20-25-17(22)10-18(23)26-20)24-19(29-16)12-6-7-13(21)15(9-12)27-8-4-2;1-3-5-16-15(11-28-20-25-17(22)10-18(23)26-20)24-19(29-16)12-7-13(21)9-14(8-12)27-6-4-2;1-3-5-14-13(11-27-19-24-15(20)10-16(21)25-19)23-18(28-14)12-6-7-22-17(9-12)26-8-4-2/h6-7,9-10H,3-5,8,11H2,1-2H3,(H4,22,23,25,26);7-10H,3-6,11H2,1-2H3,(H4,22,23,25,26);6-7,9-10H,3-5,8,11H2,1-2H3,(H4,20,21,24,25). The fourth-order valence-electron chi connectivity index (χ4n) is 7.88. The SMILES string of the molecule is CCCOc1cc(-c2nc(CSc3nc(N)cc(N)n3)c(CCC)s2)ccc1F.CCCOc1cc(-c2nc(CSc3nc(N)cc(N)n3)c(CCC)s2)ccn1.CCCOc1cc(F)cc(-c2nc(CSc3nc(N)cc(N)n3)c(CCC)s2)c1. The summed E-state index contributed by atoms with van der Waals surface area (Å²) in [5.74, 6) is 4.70. The highest BCUT2D eigenvalue weighted by molar-refractivity contribution is 7.98. The monoisotopic (exact) mass is 1280 g/mol. The third kappa shape index (κ3) is 20.2. The summed E-state index contributed by atoms with van der Waals surface area (Å²) in [5, 5.41) is 4.19. The van der Waals surface area contributed by atoms with Gasteiger partial charge in [0, 0.05) is 85.1 Å². The van der Waals surface area contributed by atoms with Gasteiger partial charge in [-0.1, -0.05) is 96.1 Å². The van der Waals surface area contributed by atoms with E-state index in [1.807, 2.05) is 32.0 Å². The van der Waals surface area contributed by atoms with E-state index in [0.29, 0.717) is 99.1 Å². The number of hydrogen-bond donors (Lipinski definition) is 6. The molecule has 7 aromatic heterocycles. The van der Waals surface area contributed by atoms with Crippen molar-refractivity contribution in [2.75, 3.05) is 54.2 Å². The molecular formula is C59H72F2N16O3S6. The molecule has 0 radical (unpaired) electrons. The van der Waals surface area contributed by atoms with Crippen molar-refractivity contribution in [2.45, 2.75) is 132 Å². The number of benzene rings is 2. The Morgan fingerprint density at radius 1 is 0.419 bits per heavy atom. The molecule has 0 bridgehead atoms. The second-order valence-corrected chi connectivity index (χ2v) is 25.1. The topological polar surface area (TPSA) is 313 Å². The van der Waals surface area contributed by atoms with Crippen LogP contribution in [0.5, 0.6) is 17.4 Å². The summed E-state index contributed by atoms with van der Waals surface area (Å²) in [6.45, 7) is 14.2. The van der Waals surface area contributed by atoms with E-state index in [-0.39, 0.29) is 17.4 Å². The molecule has 2 aromatic carbocycles. The average Bonchev–Trinajstić information content (AvgIpc) is 2.71. The number of thiazole rings is 3. The Labute approximate surface area is 525 Å². The molecule has 456 valence electrons. The summed E-state index contributed by atoms with van der Waals surface area (Å²) in [7, 11) is 0. The normalized spacial score (nSPS) is 11.0. The first-order valence-electron chi connectivity index (χ1n) is 28.1. The molecule has 9 rings (SSSR count). The highest BCUT2D eigenvalue weighted by atomic mass is 32.2. The van der Waals surface area contributed by atoms with Crippen molar-refractivity contribution in [3.63, 3.8) is 0 Å². The summed E-state index contributed by atoms with van der Waals surface area (Å²) in [4.78, 5) is 47.7. The number of pyridine rings is 1. The van der Waals surface area contributed by atoms with Gasteiger partial charge in [0.05, 0.1) is 36.9 Å². The molecule has 19 nitrogen and oxygen atoms in total. The van der Waals surface area contributed by atoms with Crippen LogP contribution in [0, 0.1) is 11.6 Å². The third-order valence-electron chi connectivity index (χ3n) is 11.7. The van der Waals surface area contributed by atoms with Gasteiger partial charge in [0.1, 0.15) is 61.5 Å². The number of ether oxygens (including phenoxy) is 3. The van der Waals surface area contributed by atoms with Gasteiger partial charge in [-0.2, -0.15) is 0 Å². The lowest BCUT2D eigenvalue weighted by atomic mass is 10.2. The zero-order valence-electron chi connectivity index (χ0n) is 48.9. The molecule has 0 atom stereocenters. The largest absolute Gasteiger partial charge is 0.493 e. The molecule has 9 aromatic rings. The maximum absolute atomic E-state index is 14.1. The van der Waals surface area contributed by atoms with Crippen LogP contribution in [0.1, 0.15) is 112 Å². The van der Waals surface area contributed by atoms with Gasteiger partial charge in [0.25, 0.3) is 0 Å². The van der Waals surface area contributed by atoms with Gasteiger partial charge in [0.2, 0.25) is 5.88 Å². The van der Waals surface area contributed by atoms with Crippen LogP contribution in [0.2, 0.25) is 0 Å². The number of nitrogens with two attached hydrogens (primary N) is 6. The van der Waals surface area contributed by atoms with E-state index in [4.69, 9.17) is 63.6 Å². The number of rotatable bonds is 27. The van der Waals surface area contributed by atoms with Crippen LogP contribution in [0.25, 0.3) is 31.7 Å². The quantitative estimate of drug-likeness (QED) is 0.0206. The number of nitrogen functional groups attached to an aromatic ring is 6. The minimum Gasteiger partial charge on any atom is -0.493 e. The number of anilines is 6. The zero-order valence-corrected chi connectivity index (χ0v) is 53.8. The predicted molar refractivity (Wildman–Crippen MR) is 351 cm³/mol. The molecule has 0 aliphatic rings. The zero-order chi connectivity index (χ0) is 61.5. The van der Waals surface area contributed by atoms with Crippen molar-refractivity contribution in [1.29, 1.82) is 0 Å². The summed E-state index contributed by atoms with van der Waals surface area (Å²) in [5.41, 5.74) is 40.1. The van der Waals surface area contributed by atoms with Crippen LogP contribution in [0.3, 0.4) is 0 Å². The lowest BCUT2D eigenvalue weighted by Crippen LogP contribution is -1.99. The number of thioether (sulfide) groups is 3. The number of aryl methyl sites for hydroxylation is 3. The van der Waals surface area contributed by atoms with Crippen LogP contribution in [0.4, 0.5) is 43.7 Å². The minimum atomic E-state index is -0.361. The Morgan fingerprint density at radius 3 is 1.26 bits per heavy atom. The Balaban J connectivity index is 0.000000185. The molecule has 0 saturated carbocycles. The Bertz CT molecular complexity index is 3570. The molecule has 0 aliphatic carbocycles. The molecule has 86 heavy (non-hydrogen) atoms. The van der Waals surface area contributed by atoms with Crippen LogP contribution in [0.15, 0.2) is 88.4 Å². The Morgan fingerprint density at radius 2 is 0.826 bits per heavy atom. The molecule has 0 amide bonds. The van der Waals surface area contributed by atoms with E-state index in [1.165, 1.54) is 80.2 Å². The molecule has 0 unspecified atom stereocenters. The van der Waals surface area contributed by atoms with Crippen molar-refractivity contribution >= 4 is 104 Å². The van der Waals surface area contributed by atoms with Crippen molar-refractivity contribution in [2.24, 2.45) is 0 Å². The van der Waals surface area contributed by atoms with E-state index < -0.39 is 0 Å². The lowest BCUT2D eigenvalue weighted by Gasteiger charge is -2.07. The van der Waals surface area contributed by atoms with Gasteiger partial charge in [0.15, 0.2) is 27.0 Å². The van der Waals surface area contributed by atoms with E-state index >= 15 is 0 Å². The Kier molecular flexibility index (Phi) is 26.0. The first kappa shape index (κ1) is 66.4. The minimum absolute atomic E-state index is 0.260. The fraction of sp³-hybridized carbons (Fsp3) is 0.356. The van der Waals surface area contributed by atoms with Crippen molar-refractivity contribution in [1.82, 2.24) is 49.8 Å². The molecule has 7 heterocycles. The maximum Gasteiger partial charge on any atom is 0.213 e. The van der Waals surface area contributed by atoms with Gasteiger partial charge in [-0.05, 0) is 74.9 Å². The molecule has 0 fully saturated rings. The van der Waals surface area contributed by atoms with E-state index in [0.717, 1.165) is 107 Å². The number of halogens is 2. The third-order valence-corrected chi connectivity index (χ3v) is 17.9. The summed E-state index contributed by atoms with van der Waals surface area (Å²) < 4.78 is 44.9. The molecule has 27 heteroatoms. The first-order chi connectivity index (χ1) is 41.6. The molecule has 0 saturated heterocycles. The summed E-state index contributed by atoms with van der Waals surface area (Å²) >= 11 is 9.29. The Hall–Kier alpha value is -7.17. The molecule has 0 aliphatic heterocycles. The average molecular weight is 1280 g/mol. The van der Waals surface area contributed by atoms with Crippen molar-refractivity contribution in [3.05, 3.63) is 116 Å². The van der Waals surface area contributed by atoms with Crippen LogP contribution < -0.4 is 48.6 Å². The van der Waals surface area contributed by atoms with Gasteiger partial charge in [-0.15, -0.1) is 34.0 Å². The van der Waals surface area contributed by atoms with Gasteiger partial charge < -0.3 is 48.6 Å². The summed E-state index contributed by atoms with van der Waals surface area (Å²) in [6.07, 6.45) is 10.3. The predicted octanol–water partition coefficient (Wildman–Crippen LogP) is 14.1.